The first kappa shape index (κ1) is 18.0. The molecule has 1 amide bonds. The number of nitrogens with one attached hydrogen (secondary N) is 1. The minimum atomic E-state index is 0.0532. The standard InChI is InChI=1S/C22H22N2O2S2/c25-21(14-26-20-8-4-2-6-16(20)22-27-11-12-28-22)24-10-9-19-17(13-24)15-5-1-3-7-18(15)23-19/h1-8,22-23H,9-14H2. The Morgan fingerprint density at radius 3 is 2.79 bits per heavy atom. The van der Waals surface area contributed by atoms with Crippen molar-refractivity contribution < 1.29 is 9.53 Å². The molecule has 0 bridgehead atoms. The van der Waals surface area contributed by atoms with E-state index in [2.05, 4.69) is 29.2 Å². The van der Waals surface area contributed by atoms with Crippen molar-refractivity contribution in [2.75, 3.05) is 24.7 Å². The third-order valence-corrected chi connectivity index (χ3v) is 8.45. The average molecular weight is 411 g/mol. The molecule has 1 N–H and O–H groups in total. The zero-order valence-corrected chi connectivity index (χ0v) is 17.2. The predicted octanol–water partition coefficient (Wildman–Crippen LogP) is 4.61. The van der Waals surface area contributed by atoms with Crippen LogP contribution in [0.1, 0.15) is 21.4 Å². The van der Waals surface area contributed by atoms with Crippen LogP contribution in [-0.2, 0) is 17.8 Å². The summed E-state index contributed by atoms with van der Waals surface area (Å²) in [6.45, 7) is 1.48. The third kappa shape index (κ3) is 3.40. The Labute approximate surface area is 173 Å². The number of fused-ring (bicyclic) bond motifs is 3. The zero-order chi connectivity index (χ0) is 18.9. The fraction of sp³-hybridized carbons (Fsp3) is 0.318. The SMILES string of the molecule is O=C(COc1ccccc1C1SCCS1)N1CCc2[nH]c3ccccc3c2C1. The van der Waals surface area contributed by atoms with Gasteiger partial charge in [-0.25, -0.2) is 0 Å². The number of thioether (sulfide) groups is 2. The van der Waals surface area contributed by atoms with E-state index in [-0.39, 0.29) is 12.5 Å². The normalized spacial score (nSPS) is 17.1. The van der Waals surface area contributed by atoms with Crippen molar-refractivity contribution in [1.82, 2.24) is 9.88 Å². The predicted molar refractivity (Wildman–Crippen MR) is 117 cm³/mol. The third-order valence-electron chi connectivity index (χ3n) is 5.38. The molecule has 1 saturated heterocycles. The topological polar surface area (TPSA) is 45.3 Å². The number of para-hydroxylation sites is 2. The molecule has 3 aromatic rings. The van der Waals surface area contributed by atoms with Gasteiger partial charge in [0.05, 0.1) is 4.58 Å². The first-order valence-corrected chi connectivity index (χ1v) is 11.7. The second kappa shape index (κ2) is 7.76. The zero-order valence-electron chi connectivity index (χ0n) is 15.5. The number of H-pyrrole nitrogens is 1. The van der Waals surface area contributed by atoms with Crippen LogP contribution in [0.5, 0.6) is 5.75 Å². The van der Waals surface area contributed by atoms with Crippen molar-refractivity contribution in [2.24, 2.45) is 0 Å². The summed E-state index contributed by atoms with van der Waals surface area (Å²) in [7, 11) is 0. The van der Waals surface area contributed by atoms with E-state index in [1.807, 2.05) is 52.7 Å². The van der Waals surface area contributed by atoms with Crippen molar-refractivity contribution in [3.63, 3.8) is 0 Å². The van der Waals surface area contributed by atoms with Gasteiger partial charge in [0, 0.05) is 58.7 Å². The lowest BCUT2D eigenvalue weighted by Crippen LogP contribution is -2.38. The number of hydrogen-bond acceptors (Lipinski definition) is 4. The number of carbonyl (C=O) groups excluding carboxylic acids is 1. The molecule has 2 aliphatic rings. The minimum Gasteiger partial charge on any atom is -0.483 e. The molecule has 0 aliphatic carbocycles. The van der Waals surface area contributed by atoms with Gasteiger partial charge < -0.3 is 14.6 Å². The molecule has 0 radical (unpaired) electrons. The van der Waals surface area contributed by atoms with Crippen molar-refractivity contribution in [3.8, 4) is 5.75 Å². The van der Waals surface area contributed by atoms with Crippen molar-refractivity contribution in [2.45, 2.75) is 17.5 Å². The summed E-state index contributed by atoms with van der Waals surface area (Å²) in [5.41, 5.74) is 4.85. The van der Waals surface area contributed by atoms with Crippen molar-refractivity contribution in [1.29, 1.82) is 0 Å². The van der Waals surface area contributed by atoms with E-state index in [4.69, 9.17) is 4.74 Å². The lowest BCUT2D eigenvalue weighted by Gasteiger charge is -2.27. The molecule has 144 valence electrons. The van der Waals surface area contributed by atoms with Gasteiger partial charge in [-0.2, -0.15) is 0 Å². The van der Waals surface area contributed by atoms with E-state index in [1.165, 1.54) is 33.7 Å². The number of rotatable bonds is 4. The molecule has 2 aliphatic heterocycles. The second-order valence-electron chi connectivity index (χ2n) is 7.09. The Bertz CT molecular complexity index is 1010. The van der Waals surface area contributed by atoms with Gasteiger partial charge in [0.15, 0.2) is 6.61 Å². The Hall–Kier alpha value is -2.05. The molecule has 1 fully saturated rings. The second-order valence-corrected chi connectivity index (χ2v) is 9.82. The van der Waals surface area contributed by atoms with Gasteiger partial charge in [0.1, 0.15) is 5.75 Å². The Morgan fingerprint density at radius 2 is 1.89 bits per heavy atom. The smallest absolute Gasteiger partial charge is 0.260 e. The number of ether oxygens (including phenoxy) is 1. The highest BCUT2D eigenvalue weighted by Gasteiger charge is 2.25. The summed E-state index contributed by atoms with van der Waals surface area (Å²) in [4.78, 5) is 18.3. The molecule has 0 atom stereocenters. The van der Waals surface area contributed by atoms with Gasteiger partial charge in [-0.1, -0.05) is 36.4 Å². The van der Waals surface area contributed by atoms with Crippen LogP contribution in [0.2, 0.25) is 0 Å². The summed E-state index contributed by atoms with van der Waals surface area (Å²) in [6.07, 6.45) is 0.863. The summed E-state index contributed by atoms with van der Waals surface area (Å²) < 4.78 is 6.41. The molecule has 0 unspecified atom stereocenters. The van der Waals surface area contributed by atoms with Crippen LogP contribution >= 0.6 is 23.5 Å². The maximum absolute atomic E-state index is 12.9. The molecule has 5 rings (SSSR count). The molecule has 0 spiro atoms. The molecular formula is C22H22N2O2S2. The highest BCUT2D eigenvalue weighted by atomic mass is 32.2. The highest BCUT2D eigenvalue weighted by molar-refractivity contribution is 8.19. The van der Waals surface area contributed by atoms with Crippen molar-refractivity contribution >= 4 is 40.3 Å². The number of hydrogen-bond donors (Lipinski definition) is 1. The van der Waals surface area contributed by atoms with Crippen LogP contribution < -0.4 is 4.74 Å². The monoisotopic (exact) mass is 410 g/mol. The Balaban J connectivity index is 1.28. The highest BCUT2D eigenvalue weighted by Crippen LogP contribution is 2.48. The lowest BCUT2D eigenvalue weighted by molar-refractivity contribution is -0.134. The van der Waals surface area contributed by atoms with Gasteiger partial charge >= 0.3 is 0 Å². The van der Waals surface area contributed by atoms with Crippen LogP contribution in [0.4, 0.5) is 0 Å². The van der Waals surface area contributed by atoms with Crippen LogP contribution in [0, 0.1) is 0 Å². The molecule has 6 heteroatoms. The molecule has 28 heavy (non-hydrogen) atoms. The molecule has 1 aromatic heterocycles. The van der Waals surface area contributed by atoms with E-state index in [0.717, 1.165) is 24.2 Å². The Morgan fingerprint density at radius 1 is 1.11 bits per heavy atom. The van der Waals surface area contributed by atoms with Crippen LogP contribution in [-0.4, -0.2) is 40.4 Å². The molecule has 3 heterocycles. The van der Waals surface area contributed by atoms with E-state index in [9.17, 15) is 4.79 Å². The Kier molecular flexibility index (Phi) is 4.99. The van der Waals surface area contributed by atoms with E-state index in [0.29, 0.717) is 11.1 Å². The first-order chi connectivity index (χ1) is 13.8. The van der Waals surface area contributed by atoms with E-state index in [1.54, 1.807) is 0 Å². The molecular weight excluding hydrogens is 388 g/mol. The summed E-state index contributed by atoms with van der Waals surface area (Å²) >= 11 is 3.90. The fourth-order valence-corrected chi connectivity index (χ4v) is 6.86. The van der Waals surface area contributed by atoms with Gasteiger partial charge in [-0.15, -0.1) is 23.5 Å². The summed E-state index contributed by atoms with van der Waals surface area (Å²) in [6, 6.07) is 16.4. The molecule has 4 nitrogen and oxygen atoms in total. The number of amides is 1. The summed E-state index contributed by atoms with van der Waals surface area (Å²) in [5.74, 6) is 3.23. The maximum atomic E-state index is 12.9. The van der Waals surface area contributed by atoms with Gasteiger partial charge in [0.2, 0.25) is 0 Å². The molecule has 0 saturated carbocycles. The average Bonchev–Trinajstić information content (AvgIpc) is 3.39. The number of nitrogens with zero attached hydrogens (tertiary/aromatic N) is 1. The number of benzene rings is 2. The lowest BCUT2D eigenvalue weighted by atomic mass is 10.0. The van der Waals surface area contributed by atoms with Gasteiger partial charge in [-0.05, 0) is 12.1 Å². The van der Waals surface area contributed by atoms with E-state index < -0.39 is 0 Å². The number of aromatic nitrogens is 1. The minimum absolute atomic E-state index is 0.0532. The molecule has 2 aromatic carbocycles. The van der Waals surface area contributed by atoms with Crippen molar-refractivity contribution in [3.05, 3.63) is 65.4 Å². The number of carbonyl (C=O) groups is 1. The van der Waals surface area contributed by atoms with Crippen LogP contribution in [0.3, 0.4) is 0 Å². The maximum Gasteiger partial charge on any atom is 0.260 e. The van der Waals surface area contributed by atoms with Crippen LogP contribution in [0.25, 0.3) is 10.9 Å². The van der Waals surface area contributed by atoms with E-state index >= 15 is 0 Å². The summed E-state index contributed by atoms with van der Waals surface area (Å²) in [5, 5.41) is 1.22. The van der Waals surface area contributed by atoms with Crippen LogP contribution in [0.15, 0.2) is 48.5 Å². The quantitative estimate of drug-likeness (QED) is 0.682. The fourth-order valence-electron chi connectivity index (χ4n) is 3.95. The largest absolute Gasteiger partial charge is 0.483 e. The number of aromatic amines is 1. The van der Waals surface area contributed by atoms with Gasteiger partial charge in [0.25, 0.3) is 5.91 Å². The first-order valence-electron chi connectivity index (χ1n) is 9.61. The van der Waals surface area contributed by atoms with Gasteiger partial charge in [-0.3, -0.25) is 4.79 Å².